The Labute approximate surface area is 160 Å². The molecular weight excluding hydrogens is 332 g/mol. The van der Waals surface area contributed by atoms with Gasteiger partial charge in [0.1, 0.15) is 0 Å². The minimum atomic E-state index is 0.304. The molecule has 0 aliphatic carbocycles. The van der Waals surface area contributed by atoms with E-state index in [-0.39, 0.29) is 0 Å². The molecular formula is C24H26N2O. The van der Waals surface area contributed by atoms with Gasteiger partial charge in [0, 0.05) is 29.2 Å². The second-order valence-electron chi connectivity index (χ2n) is 8.25. The lowest BCUT2D eigenvalue weighted by atomic mass is 9.85. The van der Waals surface area contributed by atoms with Gasteiger partial charge in [0.2, 0.25) is 5.91 Å². The molecule has 1 amide bonds. The van der Waals surface area contributed by atoms with Gasteiger partial charge >= 0.3 is 0 Å². The van der Waals surface area contributed by atoms with Crippen LogP contribution in [0.5, 0.6) is 0 Å². The summed E-state index contributed by atoms with van der Waals surface area (Å²) in [6, 6.07) is 17.9. The summed E-state index contributed by atoms with van der Waals surface area (Å²) in [5, 5.41) is 1.22. The van der Waals surface area contributed by atoms with E-state index >= 15 is 0 Å². The van der Waals surface area contributed by atoms with E-state index in [1.165, 1.54) is 16.5 Å². The zero-order chi connectivity index (χ0) is 18.4. The molecule has 2 fully saturated rings. The van der Waals surface area contributed by atoms with Crippen LogP contribution in [0.1, 0.15) is 48.3 Å². The first-order chi connectivity index (χ1) is 13.2. The number of carbonyl (C=O) groups is 1. The van der Waals surface area contributed by atoms with Crippen molar-refractivity contribution in [1.29, 1.82) is 0 Å². The van der Waals surface area contributed by atoms with Crippen molar-refractivity contribution in [1.82, 2.24) is 9.88 Å². The number of fused-ring (bicyclic) bond motifs is 3. The first-order valence-corrected chi connectivity index (χ1v) is 10.1. The average molecular weight is 358 g/mol. The number of piperidine rings is 1. The lowest BCUT2D eigenvalue weighted by molar-refractivity contribution is -0.135. The van der Waals surface area contributed by atoms with E-state index in [4.69, 9.17) is 0 Å². The number of aryl methyl sites for hydroxylation is 1. The maximum absolute atomic E-state index is 13.2. The van der Waals surface area contributed by atoms with Crippen LogP contribution in [0, 0.1) is 6.92 Å². The van der Waals surface area contributed by atoms with Crippen molar-refractivity contribution in [2.24, 2.45) is 0 Å². The zero-order valence-corrected chi connectivity index (χ0v) is 15.8. The van der Waals surface area contributed by atoms with E-state index in [0.29, 0.717) is 30.3 Å². The number of amides is 1. The summed E-state index contributed by atoms with van der Waals surface area (Å²) >= 11 is 0. The van der Waals surface area contributed by atoms with E-state index < -0.39 is 0 Å². The van der Waals surface area contributed by atoms with Gasteiger partial charge in [0.05, 0.1) is 6.42 Å². The van der Waals surface area contributed by atoms with Gasteiger partial charge in [-0.1, -0.05) is 42.5 Å². The van der Waals surface area contributed by atoms with E-state index in [1.807, 2.05) is 6.20 Å². The third-order valence-electron chi connectivity index (χ3n) is 6.63. The van der Waals surface area contributed by atoms with Crippen LogP contribution < -0.4 is 0 Å². The Hall–Kier alpha value is -2.55. The Morgan fingerprint density at radius 1 is 1.04 bits per heavy atom. The third kappa shape index (κ3) is 2.86. The Balaban J connectivity index is 1.36. The summed E-state index contributed by atoms with van der Waals surface area (Å²) in [4.78, 5) is 18.8. The van der Waals surface area contributed by atoms with Gasteiger partial charge < -0.3 is 9.88 Å². The summed E-state index contributed by atoms with van der Waals surface area (Å²) in [5.74, 6) is 0.904. The molecule has 3 heterocycles. The monoisotopic (exact) mass is 358 g/mol. The van der Waals surface area contributed by atoms with Crippen LogP contribution in [0.25, 0.3) is 10.9 Å². The molecule has 0 spiro atoms. The first kappa shape index (κ1) is 16.6. The lowest BCUT2D eigenvalue weighted by Crippen LogP contribution is -2.46. The molecule has 1 N–H and O–H groups in total. The van der Waals surface area contributed by atoms with Gasteiger partial charge in [0.15, 0.2) is 0 Å². The number of nitrogens with one attached hydrogen (secondary N) is 1. The van der Waals surface area contributed by atoms with Gasteiger partial charge in [-0.25, -0.2) is 0 Å². The summed E-state index contributed by atoms with van der Waals surface area (Å²) in [6.45, 7) is 2.12. The highest BCUT2D eigenvalue weighted by atomic mass is 16.2. The molecule has 3 atom stereocenters. The Kier molecular flexibility index (Phi) is 4.04. The highest BCUT2D eigenvalue weighted by molar-refractivity contribution is 5.91. The van der Waals surface area contributed by atoms with E-state index in [1.54, 1.807) is 0 Å². The normalized spacial score (nSPS) is 24.5. The van der Waals surface area contributed by atoms with Crippen LogP contribution in [0.15, 0.2) is 54.7 Å². The van der Waals surface area contributed by atoms with Crippen molar-refractivity contribution >= 4 is 16.8 Å². The number of aromatic amines is 1. The molecule has 3 heteroatoms. The molecule has 2 saturated heterocycles. The van der Waals surface area contributed by atoms with Crippen LogP contribution in [0.3, 0.4) is 0 Å². The Bertz CT molecular complexity index is 960. The molecule has 2 aliphatic rings. The maximum Gasteiger partial charge on any atom is 0.227 e. The third-order valence-corrected chi connectivity index (χ3v) is 6.63. The molecule has 2 aliphatic heterocycles. The summed E-state index contributed by atoms with van der Waals surface area (Å²) in [6.07, 6.45) is 7.07. The number of H-pyrrole nitrogens is 1. The van der Waals surface area contributed by atoms with Crippen molar-refractivity contribution in [3.05, 3.63) is 71.4 Å². The van der Waals surface area contributed by atoms with Crippen LogP contribution in [0.2, 0.25) is 0 Å². The largest absolute Gasteiger partial charge is 0.361 e. The number of benzene rings is 2. The molecule has 138 valence electrons. The molecule has 1 aromatic heterocycles. The number of nitrogens with zero attached hydrogens (tertiary/aromatic N) is 1. The molecule has 2 bridgehead atoms. The molecule has 0 saturated carbocycles. The fourth-order valence-electron chi connectivity index (χ4n) is 5.43. The lowest BCUT2D eigenvalue weighted by Gasteiger charge is -2.39. The molecule has 1 unspecified atom stereocenters. The maximum atomic E-state index is 13.2. The van der Waals surface area contributed by atoms with Crippen molar-refractivity contribution < 1.29 is 4.79 Å². The van der Waals surface area contributed by atoms with Crippen molar-refractivity contribution in [3.8, 4) is 0 Å². The average Bonchev–Trinajstić information content (AvgIpc) is 3.21. The molecule has 0 radical (unpaired) electrons. The molecule has 2 aromatic carbocycles. The molecule has 5 rings (SSSR count). The smallest absolute Gasteiger partial charge is 0.227 e. The molecule has 3 nitrogen and oxygen atoms in total. The molecule has 3 aromatic rings. The van der Waals surface area contributed by atoms with Crippen LogP contribution in [0.4, 0.5) is 0 Å². The first-order valence-electron chi connectivity index (χ1n) is 10.1. The highest BCUT2D eigenvalue weighted by Crippen LogP contribution is 2.43. The zero-order valence-electron chi connectivity index (χ0n) is 15.8. The van der Waals surface area contributed by atoms with Gasteiger partial charge in [-0.05, 0) is 61.3 Å². The van der Waals surface area contributed by atoms with Crippen molar-refractivity contribution in [2.75, 3.05) is 0 Å². The Morgan fingerprint density at radius 2 is 1.78 bits per heavy atom. The fraction of sp³-hybridized carbons (Fsp3) is 0.375. The van der Waals surface area contributed by atoms with Gasteiger partial charge in [0.25, 0.3) is 0 Å². The quantitative estimate of drug-likeness (QED) is 0.706. The van der Waals surface area contributed by atoms with E-state index in [0.717, 1.165) is 36.8 Å². The second-order valence-corrected chi connectivity index (χ2v) is 8.25. The van der Waals surface area contributed by atoms with E-state index in [2.05, 4.69) is 65.3 Å². The highest BCUT2D eigenvalue weighted by Gasteiger charge is 2.43. The SMILES string of the molecule is Cc1cccc2[nH]cc(CC(=O)N3[C@@H]4CC[C@H]3CC(c3ccccc3)C4)c12. The van der Waals surface area contributed by atoms with Crippen LogP contribution in [-0.4, -0.2) is 27.9 Å². The topological polar surface area (TPSA) is 36.1 Å². The predicted octanol–water partition coefficient (Wildman–Crippen LogP) is 4.96. The van der Waals surface area contributed by atoms with Gasteiger partial charge in [-0.2, -0.15) is 0 Å². The van der Waals surface area contributed by atoms with Crippen molar-refractivity contribution in [2.45, 2.75) is 57.0 Å². The minimum absolute atomic E-state index is 0.304. The number of hydrogen-bond donors (Lipinski definition) is 1. The van der Waals surface area contributed by atoms with Crippen LogP contribution in [-0.2, 0) is 11.2 Å². The summed E-state index contributed by atoms with van der Waals surface area (Å²) in [7, 11) is 0. The minimum Gasteiger partial charge on any atom is -0.361 e. The van der Waals surface area contributed by atoms with E-state index in [9.17, 15) is 4.79 Å². The molecule has 27 heavy (non-hydrogen) atoms. The Morgan fingerprint density at radius 3 is 2.52 bits per heavy atom. The standard InChI is InChI=1S/C24H26N2O/c1-16-6-5-9-22-24(16)19(15-25-22)14-23(27)26-20-10-11-21(26)13-18(12-20)17-7-3-2-4-8-17/h2-9,15,18,20-21,25H,10-14H2,1H3/t18?,20-,21+. The number of aromatic nitrogens is 1. The fourth-order valence-corrected chi connectivity index (χ4v) is 5.43. The van der Waals surface area contributed by atoms with Crippen LogP contribution >= 0.6 is 0 Å². The second kappa shape index (κ2) is 6.56. The number of carbonyl (C=O) groups excluding carboxylic acids is 1. The van der Waals surface area contributed by atoms with Crippen molar-refractivity contribution in [3.63, 3.8) is 0 Å². The number of hydrogen-bond acceptors (Lipinski definition) is 1. The predicted molar refractivity (Wildman–Crippen MR) is 109 cm³/mol. The van der Waals surface area contributed by atoms with Gasteiger partial charge in [-0.15, -0.1) is 0 Å². The number of rotatable bonds is 3. The summed E-state index contributed by atoms with van der Waals surface area (Å²) in [5.41, 5.74) is 4.94. The van der Waals surface area contributed by atoms with Gasteiger partial charge in [-0.3, -0.25) is 4.79 Å². The summed E-state index contributed by atoms with van der Waals surface area (Å²) < 4.78 is 0.